The molecule has 0 bridgehead atoms. The Morgan fingerprint density at radius 1 is 1.27 bits per heavy atom. The van der Waals surface area contributed by atoms with Crippen LogP contribution in [0.15, 0.2) is 35.1 Å². The molecule has 0 spiro atoms. The van der Waals surface area contributed by atoms with Gasteiger partial charge in [0, 0.05) is 6.54 Å². The number of aromatic amines is 1. The van der Waals surface area contributed by atoms with Crippen molar-refractivity contribution in [3.8, 4) is 11.3 Å². The Morgan fingerprint density at radius 2 is 1.95 bits per heavy atom. The number of carbonyl (C=O) groups excluding carboxylic acids is 1. The van der Waals surface area contributed by atoms with Crippen LogP contribution in [0.25, 0.3) is 22.4 Å². The van der Waals surface area contributed by atoms with Crippen LogP contribution in [0.4, 0.5) is 0 Å². The van der Waals surface area contributed by atoms with Gasteiger partial charge in [-0.15, -0.1) is 0 Å². The van der Waals surface area contributed by atoms with Gasteiger partial charge in [-0.2, -0.15) is 0 Å². The molecular formula is C17H17N3O2. The molecule has 0 aliphatic carbocycles. The molecule has 0 fully saturated rings. The molecule has 0 saturated carbocycles. The fourth-order valence-corrected chi connectivity index (χ4v) is 2.84. The molecule has 0 amide bonds. The van der Waals surface area contributed by atoms with Crippen molar-refractivity contribution in [2.45, 2.75) is 27.3 Å². The molecule has 5 nitrogen and oxygen atoms in total. The lowest BCUT2D eigenvalue weighted by Crippen LogP contribution is -2.19. The van der Waals surface area contributed by atoms with E-state index in [9.17, 15) is 9.59 Å². The number of nitrogens with zero attached hydrogens (tertiary/aromatic N) is 2. The van der Waals surface area contributed by atoms with Gasteiger partial charge in [0.1, 0.15) is 11.3 Å². The molecule has 3 aromatic rings. The number of benzene rings is 1. The van der Waals surface area contributed by atoms with Crippen molar-refractivity contribution in [1.82, 2.24) is 14.5 Å². The van der Waals surface area contributed by atoms with Gasteiger partial charge in [0.05, 0.1) is 11.3 Å². The van der Waals surface area contributed by atoms with Crippen molar-refractivity contribution in [3.05, 3.63) is 51.9 Å². The fourth-order valence-electron chi connectivity index (χ4n) is 2.84. The lowest BCUT2D eigenvalue weighted by Gasteiger charge is -2.08. The molecule has 0 radical (unpaired) electrons. The Hall–Kier alpha value is -2.69. The van der Waals surface area contributed by atoms with Crippen LogP contribution in [-0.4, -0.2) is 20.3 Å². The third-order valence-electron chi connectivity index (χ3n) is 3.82. The van der Waals surface area contributed by atoms with E-state index in [1.54, 1.807) is 0 Å². The lowest BCUT2D eigenvalue weighted by atomic mass is 10.0. The Morgan fingerprint density at radius 3 is 2.55 bits per heavy atom. The summed E-state index contributed by atoms with van der Waals surface area (Å²) in [6.45, 7) is 5.86. The van der Waals surface area contributed by atoms with E-state index < -0.39 is 0 Å². The molecule has 1 N–H and O–H groups in total. The minimum atomic E-state index is -0.262. The number of hydrogen-bond donors (Lipinski definition) is 1. The standard InChI is InChI=1S/C17H17N3O2/c1-4-20-11(3)18-17-15(20)16(22)13(10(2)21)14(19-17)12-8-6-5-7-9-12/h5-9H,4H2,1-3H3,(H,19,22). The molecule has 112 valence electrons. The molecule has 22 heavy (non-hydrogen) atoms. The molecule has 2 heterocycles. The highest BCUT2D eigenvalue weighted by Crippen LogP contribution is 2.23. The number of rotatable bonds is 3. The number of imidazole rings is 1. The van der Waals surface area contributed by atoms with Crippen LogP contribution in [0.5, 0.6) is 0 Å². The fraction of sp³-hybridized carbons (Fsp3) is 0.235. The number of aryl methyl sites for hydroxylation is 2. The summed E-state index contributed by atoms with van der Waals surface area (Å²) in [6.07, 6.45) is 0. The van der Waals surface area contributed by atoms with E-state index in [1.807, 2.05) is 48.7 Å². The van der Waals surface area contributed by atoms with Crippen LogP contribution >= 0.6 is 0 Å². The normalized spacial score (nSPS) is 11.0. The van der Waals surface area contributed by atoms with Gasteiger partial charge < -0.3 is 9.55 Å². The lowest BCUT2D eigenvalue weighted by molar-refractivity contribution is 0.101. The molecule has 1 aromatic carbocycles. The second kappa shape index (κ2) is 5.26. The number of nitrogens with one attached hydrogen (secondary N) is 1. The average molecular weight is 295 g/mol. The Bertz CT molecular complexity index is 920. The zero-order valence-corrected chi connectivity index (χ0v) is 12.8. The summed E-state index contributed by atoms with van der Waals surface area (Å²) in [4.78, 5) is 32.5. The smallest absolute Gasteiger partial charge is 0.218 e. The Labute approximate surface area is 127 Å². The maximum Gasteiger partial charge on any atom is 0.218 e. The quantitative estimate of drug-likeness (QED) is 0.755. The van der Waals surface area contributed by atoms with E-state index in [0.717, 1.165) is 11.4 Å². The number of hydrogen-bond acceptors (Lipinski definition) is 3. The summed E-state index contributed by atoms with van der Waals surface area (Å²) >= 11 is 0. The first kappa shape index (κ1) is 14.3. The van der Waals surface area contributed by atoms with Gasteiger partial charge in [-0.05, 0) is 26.3 Å². The van der Waals surface area contributed by atoms with Crippen molar-refractivity contribution in [3.63, 3.8) is 0 Å². The van der Waals surface area contributed by atoms with Crippen molar-refractivity contribution in [2.24, 2.45) is 0 Å². The van der Waals surface area contributed by atoms with Gasteiger partial charge in [0.2, 0.25) is 5.43 Å². The third-order valence-corrected chi connectivity index (χ3v) is 3.82. The van der Waals surface area contributed by atoms with Crippen LogP contribution in [0.1, 0.15) is 30.0 Å². The summed E-state index contributed by atoms with van der Waals surface area (Å²) in [5.74, 6) is 0.508. The SMILES string of the molecule is CCn1c(C)nc2[nH]c(-c3ccccc3)c(C(C)=O)c(=O)c21. The van der Waals surface area contributed by atoms with Crippen molar-refractivity contribution in [1.29, 1.82) is 0 Å². The van der Waals surface area contributed by atoms with E-state index >= 15 is 0 Å². The largest absolute Gasteiger partial charge is 0.337 e. The Kier molecular flexibility index (Phi) is 3.41. The van der Waals surface area contributed by atoms with Gasteiger partial charge >= 0.3 is 0 Å². The Balaban J connectivity index is 2.46. The van der Waals surface area contributed by atoms with Crippen LogP contribution in [0, 0.1) is 6.92 Å². The van der Waals surface area contributed by atoms with Crippen molar-refractivity contribution < 1.29 is 4.79 Å². The molecular weight excluding hydrogens is 278 g/mol. The zero-order valence-electron chi connectivity index (χ0n) is 12.8. The van der Waals surface area contributed by atoms with E-state index in [1.165, 1.54) is 6.92 Å². The molecule has 2 aromatic heterocycles. The summed E-state index contributed by atoms with van der Waals surface area (Å²) in [5.41, 5.74) is 2.25. The summed E-state index contributed by atoms with van der Waals surface area (Å²) in [5, 5.41) is 0. The first-order chi connectivity index (χ1) is 10.5. The van der Waals surface area contributed by atoms with E-state index in [4.69, 9.17) is 0 Å². The van der Waals surface area contributed by atoms with Crippen LogP contribution in [0.2, 0.25) is 0 Å². The number of carbonyl (C=O) groups is 1. The van der Waals surface area contributed by atoms with Gasteiger partial charge in [-0.25, -0.2) is 4.98 Å². The van der Waals surface area contributed by atoms with Gasteiger partial charge in [0.15, 0.2) is 11.4 Å². The number of Topliss-reactive ketones (excluding diaryl/α,β-unsaturated/α-hetero) is 1. The van der Waals surface area contributed by atoms with Crippen LogP contribution in [0.3, 0.4) is 0 Å². The monoisotopic (exact) mass is 295 g/mol. The minimum Gasteiger partial charge on any atom is -0.337 e. The number of aromatic nitrogens is 3. The first-order valence-corrected chi connectivity index (χ1v) is 7.24. The topological polar surface area (TPSA) is 67.8 Å². The molecule has 0 aliphatic rings. The summed E-state index contributed by atoms with van der Waals surface area (Å²) in [6, 6.07) is 9.37. The average Bonchev–Trinajstić information content (AvgIpc) is 2.83. The second-order valence-electron chi connectivity index (χ2n) is 5.23. The maximum absolute atomic E-state index is 12.9. The van der Waals surface area contributed by atoms with Crippen LogP contribution in [-0.2, 0) is 6.54 Å². The molecule has 0 saturated heterocycles. The number of H-pyrrole nitrogens is 1. The highest BCUT2D eigenvalue weighted by atomic mass is 16.1. The molecule has 5 heteroatoms. The predicted octanol–water partition coefficient (Wildman–Crippen LogP) is 2.92. The number of fused-ring (bicyclic) bond motifs is 1. The first-order valence-electron chi connectivity index (χ1n) is 7.24. The van der Waals surface area contributed by atoms with E-state index in [2.05, 4.69) is 9.97 Å². The minimum absolute atomic E-state index is 0.188. The highest BCUT2D eigenvalue weighted by molar-refractivity contribution is 6.02. The number of pyridine rings is 1. The van der Waals surface area contributed by atoms with E-state index in [-0.39, 0.29) is 16.8 Å². The molecule has 0 unspecified atom stereocenters. The maximum atomic E-state index is 12.9. The second-order valence-corrected chi connectivity index (χ2v) is 5.23. The molecule has 0 atom stereocenters. The summed E-state index contributed by atoms with van der Waals surface area (Å²) in [7, 11) is 0. The van der Waals surface area contributed by atoms with Crippen LogP contribution < -0.4 is 5.43 Å². The van der Waals surface area contributed by atoms with Crippen molar-refractivity contribution >= 4 is 16.9 Å². The zero-order chi connectivity index (χ0) is 15.9. The third kappa shape index (κ3) is 2.06. The van der Waals surface area contributed by atoms with E-state index in [0.29, 0.717) is 23.4 Å². The van der Waals surface area contributed by atoms with Gasteiger partial charge in [0.25, 0.3) is 0 Å². The predicted molar refractivity (Wildman–Crippen MR) is 86.2 cm³/mol. The number of ketones is 1. The molecule has 3 rings (SSSR count). The summed E-state index contributed by atoms with van der Waals surface area (Å²) < 4.78 is 1.83. The van der Waals surface area contributed by atoms with Crippen molar-refractivity contribution in [2.75, 3.05) is 0 Å². The molecule has 0 aliphatic heterocycles. The van der Waals surface area contributed by atoms with Gasteiger partial charge in [-0.1, -0.05) is 30.3 Å². The highest BCUT2D eigenvalue weighted by Gasteiger charge is 2.20. The van der Waals surface area contributed by atoms with Gasteiger partial charge in [-0.3, -0.25) is 9.59 Å².